The summed E-state index contributed by atoms with van der Waals surface area (Å²) >= 11 is 12.4. The standard InChI is InChI=1S/C32H31Cl2N3O5S/c1-35-32(39)29(20-23-11-5-3-6-12-23)36(21-24-17-18-26(33)27(34)19-24)31(38)22-37(28-15-9-10-16-30(28)42-2)43(40,41)25-13-7-4-8-14-25/h3-19,29H,20-22H2,1-2H3,(H,35,39)/t29-/m0/s1. The largest absolute Gasteiger partial charge is 0.495 e. The summed E-state index contributed by atoms with van der Waals surface area (Å²) in [5.41, 5.74) is 1.61. The Hall–Kier alpha value is -4.05. The molecule has 1 atom stereocenters. The van der Waals surface area contributed by atoms with Gasteiger partial charge in [0.25, 0.3) is 10.0 Å². The van der Waals surface area contributed by atoms with Gasteiger partial charge in [-0.05, 0) is 47.5 Å². The lowest BCUT2D eigenvalue weighted by Gasteiger charge is -2.34. The fourth-order valence-corrected chi connectivity index (χ4v) is 6.39. The molecule has 1 N–H and O–H groups in total. The summed E-state index contributed by atoms with van der Waals surface area (Å²) in [6.07, 6.45) is 0.188. The molecule has 0 aliphatic carbocycles. The summed E-state index contributed by atoms with van der Waals surface area (Å²) in [7, 11) is -1.33. The number of para-hydroxylation sites is 2. The van der Waals surface area contributed by atoms with E-state index in [2.05, 4.69) is 5.32 Å². The Kier molecular flexibility index (Phi) is 10.7. The van der Waals surface area contributed by atoms with Crippen molar-refractivity contribution in [2.75, 3.05) is 25.0 Å². The number of hydrogen-bond donors (Lipinski definition) is 1. The first-order chi connectivity index (χ1) is 20.6. The molecular formula is C32H31Cl2N3O5S. The molecule has 43 heavy (non-hydrogen) atoms. The Morgan fingerprint density at radius 2 is 1.47 bits per heavy atom. The SMILES string of the molecule is CNC(=O)[C@H](Cc1ccccc1)N(Cc1ccc(Cl)c(Cl)c1)C(=O)CN(c1ccccc1OC)S(=O)(=O)c1ccccc1. The molecule has 0 bridgehead atoms. The number of amides is 2. The van der Waals surface area contributed by atoms with Crippen LogP contribution in [0.5, 0.6) is 5.75 Å². The van der Waals surface area contributed by atoms with Crippen molar-refractivity contribution in [1.82, 2.24) is 10.2 Å². The van der Waals surface area contributed by atoms with Crippen LogP contribution >= 0.6 is 23.2 Å². The van der Waals surface area contributed by atoms with Crippen LogP contribution in [0.2, 0.25) is 10.0 Å². The molecule has 0 saturated heterocycles. The molecule has 4 aromatic carbocycles. The predicted molar refractivity (Wildman–Crippen MR) is 169 cm³/mol. The zero-order valence-electron chi connectivity index (χ0n) is 23.6. The van der Waals surface area contributed by atoms with Gasteiger partial charge in [-0.3, -0.25) is 13.9 Å². The molecule has 8 nitrogen and oxygen atoms in total. The fraction of sp³-hybridized carbons (Fsp3) is 0.188. The van der Waals surface area contributed by atoms with E-state index < -0.39 is 34.4 Å². The second kappa shape index (κ2) is 14.4. The normalized spacial score (nSPS) is 11.8. The highest BCUT2D eigenvalue weighted by Crippen LogP contribution is 2.33. The lowest BCUT2D eigenvalue weighted by molar-refractivity contribution is -0.139. The zero-order valence-corrected chi connectivity index (χ0v) is 25.9. The second-order valence-electron chi connectivity index (χ2n) is 9.59. The third-order valence-electron chi connectivity index (χ3n) is 6.82. The van der Waals surface area contributed by atoms with Gasteiger partial charge in [-0.1, -0.05) is 89.9 Å². The number of methoxy groups -OCH3 is 1. The predicted octanol–water partition coefficient (Wildman–Crippen LogP) is 5.58. The minimum atomic E-state index is -4.24. The summed E-state index contributed by atoms with van der Waals surface area (Å²) < 4.78 is 34.6. The molecule has 0 heterocycles. The van der Waals surface area contributed by atoms with Crippen molar-refractivity contribution >= 4 is 50.7 Å². The molecule has 4 aromatic rings. The molecule has 11 heteroatoms. The van der Waals surface area contributed by atoms with Crippen LogP contribution in [0.4, 0.5) is 5.69 Å². The van der Waals surface area contributed by atoms with Crippen molar-refractivity contribution in [3.8, 4) is 5.75 Å². The van der Waals surface area contributed by atoms with Crippen molar-refractivity contribution in [3.05, 3.63) is 124 Å². The first-order valence-corrected chi connectivity index (χ1v) is 15.5. The molecule has 0 aliphatic rings. The Bertz CT molecular complexity index is 1670. The van der Waals surface area contributed by atoms with Crippen molar-refractivity contribution in [3.63, 3.8) is 0 Å². The lowest BCUT2D eigenvalue weighted by atomic mass is 10.0. The number of carbonyl (C=O) groups excluding carboxylic acids is 2. The molecule has 0 unspecified atom stereocenters. The Balaban J connectivity index is 1.82. The van der Waals surface area contributed by atoms with Crippen LogP contribution in [0.3, 0.4) is 0 Å². The van der Waals surface area contributed by atoms with Gasteiger partial charge in [0.05, 0.1) is 27.7 Å². The number of anilines is 1. The smallest absolute Gasteiger partial charge is 0.264 e. The molecule has 2 amide bonds. The molecule has 0 spiro atoms. The molecule has 0 fully saturated rings. The highest BCUT2D eigenvalue weighted by Gasteiger charge is 2.35. The van der Waals surface area contributed by atoms with Gasteiger partial charge in [0.1, 0.15) is 18.3 Å². The van der Waals surface area contributed by atoms with E-state index in [4.69, 9.17) is 27.9 Å². The number of nitrogens with zero attached hydrogens (tertiary/aromatic N) is 2. The minimum absolute atomic E-state index is 0.00289. The zero-order chi connectivity index (χ0) is 31.0. The minimum Gasteiger partial charge on any atom is -0.495 e. The van der Waals surface area contributed by atoms with Crippen molar-refractivity contribution in [1.29, 1.82) is 0 Å². The molecular weight excluding hydrogens is 609 g/mol. The van der Waals surface area contributed by atoms with Crippen LogP contribution in [0.1, 0.15) is 11.1 Å². The number of likely N-dealkylation sites (N-methyl/N-ethyl adjacent to an activating group) is 1. The molecule has 4 rings (SSSR count). The second-order valence-corrected chi connectivity index (χ2v) is 12.3. The molecule has 0 aliphatic heterocycles. The van der Waals surface area contributed by atoms with E-state index in [-0.39, 0.29) is 34.3 Å². The van der Waals surface area contributed by atoms with Gasteiger partial charge >= 0.3 is 0 Å². The molecule has 224 valence electrons. The van der Waals surface area contributed by atoms with Crippen LogP contribution in [-0.4, -0.2) is 51.9 Å². The number of benzene rings is 4. The van der Waals surface area contributed by atoms with Crippen molar-refractivity contribution in [2.45, 2.75) is 23.9 Å². The first kappa shape index (κ1) is 31.9. The molecule has 0 aromatic heterocycles. The van der Waals surface area contributed by atoms with Gasteiger partial charge in [0.2, 0.25) is 11.8 Å². The quantitative estimate of drug-likeness (QED) is 0.218. The number of sulfonamides is 1. The molecule has 0 radical (unpaired) electrons. The van der Waals surface area contributed by atoms with Crippen molar-refractivity contribution < 1.29 is 22.7 Å². The third kappa shape index (κ3) is 7.67. The summed E-state index contributed by atoms with van der Waals surface area (Å²) in [4.78, 5) is 29.1. The highest BCUT2D eigenvalue weighted by atomic mass is 35.5. The van der Waals surface area contributed by atoms with Crippen LogP contribution in [-0.2, 0) is 32.6 Å². The summed E-state index contributed by atoms with van der Waals surface area (Å²) in [5.74, 6) is -0.758. The maximum absolute atomic E-state index is 14.4. The number of ether oxygens (including phenoxy) is 1. The monoisotopic (exact) mass is 639 g/mol. The number of halogens is 2. The number of nitrogens with one attached hydrogen (secondary N) is 1. The average molecular weight is 641 g/mol. The Morgan fingerprint density at radius 3 is 2.09 bits per heavy atom. The first-order valence-electron chi connectivity index (χ1n) is 13.4. The van der Waals surface area contributed by atoms with Crippen LogP contribution in [0.25, 0.3) is 0 Å². The Morgan fingerprint density at radius 1 is 0.837 bits per heavy atom. The van der Waals surface area contributed by atoms with E-state index in [1.54, 1.807) is 60.7 Å². The number of hydrogen-bond acceptors (Lipinski definition) is 5. The van der Waals surface area contributed by atoms with E-state index in [9.17, 15) is 18.0 Å². The van der Waals surface area contributed by atoms with Gasteiger partial charge in [-0.25, -0.2) is 8.42 Å². The van der Waals surface area contributed by atoms with E-state index in [1.165, 1.54) is 31.2 Å². The average Bonchev–Trinajstić information content (AvgIpc) is 3.03. The number of rotatable bonds is 12. The van der Waals surface area contributed by atoms with E-state index in [0.29, 0.717) is 10.6 Å². The van der Waals surface area contributed by atoms with Gasteiger partial charge in [-0.2, -0.15) is 0 Å². The highest BCUT2D eigenvalue weighted by molar-refractivity contribution is 7.92. The lowest BCUT2D eigenvalue weighted by Crippen LogP contribution is -2.53. The topological polar surface area (TPSA) is 96.0 Å². The van der Waals surface area contributed by atoms with Crippen LogP contribution < -0.4 is 14.4 Å². The van der Waals surface area contributed by atoms with Crippen LogP contribution in [0, 0.1) is 0 Å². The fourth-order valence-electron chi connectivity index (χ4n) is 4.62. The van der Waals surface area contributed by atoms with Crippen LogP contribution in [0.15, 0.2) is 108 Å². The number of carbonyl (C=O) groups is 2. The summed E-state index contributed by atoms with van der Waals surface area (Å²) in [6.45, 7) is -0.646. The van der Waals surface area contributed by atoms with Gasteiger partial charge in [0.15, 0.2) is 0 Å². The molecule has 0 saturated carbocycles. The maximum Gasteiger partial charge on any atom is 0.264 e. The van der Waals surface area contributed by atoms with E-state index in [0.717, 1.165) is 9.87 Å². The third-order valence-corrected chi connectivity index (χ3v) is 9.33. The van der Waals surface area contributed by atoms with E-state index >= 15 is 0 Å². The maximum atomic E-state index is 14.4. The van der Waals surface area contributed by atoms with E-state index in [1.807, 2.05) is 30.3 Å². The van der Waals surface area contributed by atoms with Crippen molar-refractivity contribution in [2.24, 2.45) is 0 Å². The summed E-state index contributed by atoms with van der Waals surface area (Å²) in [6, 6.07) is 27.6. The van der Waals surface area contributed by atoms with Gasteiger partial charge in [0, 0.05) is 20.0 Å². The van der Waals surface area contributed by atoms with Gasteiger partial charge < -0.3 is 15.0 Å². The Labute approximate surface area is 261 Å². The summed E-state index contributed by atoms with van der Waals surface area (Å²) in [5, 5.41) is 3.28. The van der Waals surface area contributed by atoms with Gasteiger partial charge in [-0.15, -0.1) is 0 Å².